The van der Waals surface area contributed by atoms with Crippen LogP contribution >= 0.6 is 27.3 Å². The Hall–Kier alpha value is -2.77. The molecule has 0 N–H and O–H groups in total. The molecule has 0 fully saturated rings. The molecule has 0 radical (unpaired) electrons. The molecular weight excluding hydrogens is 424 g/mol. The molecule has 0 saturated carbocycles. The van der Waals surface area contributed by atoms with E-state index in [-0.39, 0.29) is 5.56 Å². The van der Waals surface area contributed by atoms with Crippen LogP contribution in [0.1, 0.15) is 0 Å². The highest BCUT2D eigenvalue weighted by molar-refractivity contribution is 9.10. The monoisotopic (exact) mass is 436 g/mol. The summed E-state index contributed by atoms with van der Waals surface area (Å²) < 4.78 is 4.45. The maximum Gasteiger partial charge on any atom is 0.275 e. The van der Waals surface area contributed by atoms with Crippen LogP contribution in [0.3, 0.4) is 0 Å². The van der Waals surface area contributed by atoms with Crippen molar-refractivity contribution in [2.75, 3.05) is 0 Å². The van der Waals surface area contributed by atoms with Gasteiger partial charge in [0.15, 0.2) is 0 Å². The molecule has 0 spiro atoms. The largest absolute Gasteiger partial charge is 0.350 e. The van der Waals surface area contributed by atoms with Gasteiger partial charge in [0.2, 0.25) is 4.96 Å². The Morgan fingerprint density at radius 1 is 1.07 bits per heavy atom. The Bertz CT molecular complexity index is 1370. The summed E-state index contributed by atoms with van der Waals surface area (Å²) in [6.45, 7) is 0. The van der Waals surface area contributed by atoms with E-state index in [0.717, 1.165) is 31.5 Å². The lowest BCUT2D eigenvalue weighted by Crippen LogP contribution is -2.14. The van der Waals surface area contributed by atoms with Crippen molar-refractivity contribution in [1.82, 2.24) is 19.2 Å². The third-order valence-corrected chi connectivity index (χ3v) is 5.93. The van der Waals surface area contributed by atoms with Crippen molar-refractivity contribution in [3.05, 3.63) is 75.6 Å². The molecule has 0 aliphatic heterocycles. The Kier molecular flexibility index (Phi) is 3.73. The van der Waals surface area contributed by atoms with Gasteiger partial charge in [-0.05, 0) is 18.2 Å². The molecule has 0 unspecified atom stereocenters. The van der Waals surface area contributed by atoms with Crippen molar-refractivity contribution in [3.63, 3.8) is 0 Å². The van der Waals surface area contributed by atoms with Gasteiger partial charge in [-0.15, -0.1) is 0 Å². The number of benzene rings is 2. The van der Waals surface area contributed by atoms with Gasteiger partial charge in [0, 0.05) is 45.8 Å². The first-order valence-electron chi connectivity index (χ1n) is 8.31. The molecule has 0 amide bonds. The van der Waals surface area contributed by atoms with Crippen LogP contribution in [0.2, 0.25) is 0 Å². The molecule has 0 aliphatic rings. The van der Waals surface area contributed by atoms with E-state index in [4.69, 9.17) is 0 Å². The minimum atomic E-state index is -0.178. The smallest absolute Gasteiger partial charge is 0.275 e. The summed E-state index contributed by atoms with van der Waals surface area (Å²) in [5.41, 5.74) is 3.50. The number of hydrogen-bond donors (Lipinski definition) is 0. The van der Waals surface area contributed by atoms with Crippen LogP contribution in [-0.4, -0.2) is 19.2 Å². The second-order valence-corrected chi connectivity index (χ2v) is 8.13. The molecule has 5 nitrogen and oxygen atoms in total. The first kappa shape index (κ1) is 16.4. The maximum absolute atomic E-state index is 12.6. The van der Waals surface area contributed by atoms with Gasteiger partial charge in [-0.3, -0.25) is 4.79 Å². The van der Waals surface area contributed by atoms with Gasteiger partial charge < -0.3 is 4.57 Å². The summed E-state index contributed by atoms with van der Waals surface area (Å²) in [5.74, 6) is 0. The van der Waals surface area contributed by atoms with Crippen LogP contribution < -0.4 is 5.56 Å². The number of rotatable bonds is 2. The minimum absolute atomic E-state index is 0.178. The first-order valence-corrected chi connectivity index (χ1v) is 9.92. The zero-order chi connectivity index (χ0) is 18.5. The Balaban J connectivity index is 1.73. The average Bonchev–Trinajstić information content (AvgIpc) is 3.24. The minimum Gasteiger partial charge on any atom is -0.350 e. The molecule has 7 heteroatoms. The lowest BCUT2D eigenvalue weighted by molar-refractivity contribution is 0.904. The van der Waals surface area contributed by atoms with E-state index < -0.39 is 0 Å². The first-order chi connectivity index (χ1) is 13.1. The molecule has 5 rings (SSSR count). The van der Waals surface area contributed by atoms with Gasteiger partial charge in [-0.2, -0.15) is 9.61 Å². The number of hydrogen-bond acceptors (Lipinski definition) is 4. The fourth-order valence-electron chi connectivity index (χ4n) is 3.21. The highest BCUT2D eigenvalue weighted by Crippen LogP contribution is 2.34. The van der Waals surface area contributed by atoms with E-state index in [2.05, 4.69) is 42.7 Å². The lowest BCUT2D eigenvalue weighted by Gasteiger charge is -1.99. The summed E-state index contributed by atoms with van der Waals surface area (Å²) >= 11 is 4.96. The molecule has 3 heterocycles. The van der Waals surface area contributed by atoms with E-state index in [1.165, 1.54) is 21.9 Å². The zero-order valence-corrected chi connectivity index (χ0v) is 16.7. The summed E-state index contributed by atoms with van der Waals surface area (Å²) in [4.78, 5) is 17.8. The van der Waals surface area contributed by atoms with E-state index >= 15 is 0 Å². The van der Waals surface area contributed by atoms with Crippen LogP contribution in [0.4, 0.5) is 0 Å². The number of fused-ring (bicyclic) bond motifs is 2. The number of aryl methyl sites for hydroxylation is 1. The van der Waals surface area contributed by atoms with Gasteiger partial charge >= 0.3 is 0 Å². The SMILES string of the molecule is Cn1cc(-c2nn3c(=O)cc(-c4ccccc4)nc3s2)c2cc(Br)ccc21. The van der Waals surface area contributed by atoms with Crippen molar-refractivity contribution >= 4 is 43.1 Å². The number of halogens is 1. The van der Waals surface area contributed by atoms with Gasteiger partial charge in [-0.1, -0.05) is 57.6 Å². The quantitative estimate of drug-likeness (QED) is 0.401. The lowest BCUT2D eigenvalue weighted by atomic mass is 10.1. The summed E-state index contributed by atoms with van der Waals surface area (Å²) in [6, 6.07) is 17.4. The summed E-state index contributed by atoms with van der Waals surface area (Å²) in [6.07, 6.45) is 2.04. The number of aromatic nitrogens is 4. The normalized spacial score (nSPS) is 11.5. The fourth-order valence-corrected chi connectivity index (χ4v) is 4.50. The Morgan fingerprint density at radius 3 is 2.70 bits per heavy atom. The van der Waals surface area contributed by atoms with E-state index in [1.807, 2.05) is 49.6 Å². The van der Waals surface area contributed by atoms with Crippen LogP contribution in [0.15, 0.2) is 70.1 Å². The van der Waals surface area contributed by atoms with Crippen LogP contribution in [0.25, 0.3) is 37.7 Å². The third-order valence-electron chi connectivity index (χ3n) is 4.50. The third kappa shape index (κ3) is 2.70. The predicted octanol–water partition coefficient (Wildman–Crippen LogP) is 4.74. The van der Waals surface area contributed by atoms with Crippen molar-refractivity contribution in [2.45, 2.75) is 0 Å². The topological polar surface area (TPSA) is 52.2 Å². The van der Waals surface area contributed by atoms with Gasteiger partial charge in [0.1, 0.15) is 5.01 Å². The van der Waals surface area contributed by atoms with Crippen LogP contribution in [-0.2, 0) is 7.05 Å². The average molecular weight is 437 g/mol. The molecule has 5 aromatic rings. The highest BCUT2D eigenvalue weighted by atomic mass is 79.9. The van der Waals surface area contributed by atoms with E-state index in [0.29, 0.717) is 10.7 Å². The Morgan fingerprint density at radius 2 is 1.89 bits per heavy atom. The van der Waals surface area contributed by atoms with Crippen LogP contribution in [0.5, 0.6) is 0 Å². The van der Waals surface area contributed by atoms with E-state index in [1.54, 1.807) is 0 Å². The summed E-state index contributed by atoms with van der Waals surface area (Å²) in [5, 5.41) is 6.40. The molecule has 0 atom stereocenters. The molecule has 0 bridgehead atoms. The van der Waals surface area contributed by atoms with E-state index in [9.17, 15) is 4.79 Å². The summed E-state index contributed by atoms with van der Waals surface area (Å²) in [7, 11) is 2.00. The molecule has 2 aromatic carbocycles. The second-order valence-electron chi connectivity index (χ2n) is 6.26. The zero-order valence-electron chi connectivity index (χ0n) is 14.3. The van der Waals surface area contributed by atoms with Crippen LogP contribution in [0, 0.1) is 0 Å². The molecule has 132 valence electrons. The fraction of sp³-hybridized carbons (Fsp3) is 0.0500. The molecule has 3 aromatic heterocycles. The van der Waals surface area contributed by atoms with Crippen molar-refractivity contribution in [3.8, 4) is 21.8 Å². The maximum atomic E-state index is 12.6. The van der Waals surface area contributed by atoms with Gasteiger partial charge in [-0.25, -0.2) is 4.98 Å². The molecule has 0 aliphatic carbocycles. The van der Waals surface area contributed by atoms with Crippen molar-refractivity contribution in [2.24, 2.45) is 7.05 Å². The Labute approximate surface area is 166 Å². The van der Waals surface area contributed by atoms with Gasteiger partial charge in [0.25, 0.3) is 5.56 Å². The highest BCUT2D eigenvalue weighted by Gasteiger charge is 2.16. The van der Waals surface area contributed by atoms with Crippen molar-refractivity contribution < 1.29 is 0 Å². The predicted molar refractivity (Wildman–Crippen MR) is 112 cm³/mol. The molecular formula is C20H13BrN4OS. The van der Waals surface area contributed by atoms with Gasteiger partial charge in [0.05, 0.1) is 5.69 Å². The standard InChI is InChI=1S/C20H13BrN4OS/c1-24-11-15(14-9-13(21)7-8-17(14)24)19-23-25-18(26)10-16(22-20(25)27-19)12-5-3-2-4-6-12/h2-11H,1H3. The van der Waals surface area contributed by atoms with Crippen molar-refractivity contribution in [1.29, 1.82) is 0 Å². The molecule has 27 heavy (non-hydrogen) atoms. The number of nitrogens with zero attached hydrogens (tertiary/aromatic N) is 4. The molecule has 0 saturated heterocycles. The second kappa shape index (κ2) is 6.14.